The highest BCUT2D eigenvalue weighted by Gasteiger charge is 2.24. The molecule has 0 aliphatic carbocycles. The average Bonchev–Trinajstić information content (AvgIpc) is 2.81. The van der Waals surface area contributed by atoms with Crippen LogP contribution in [0, 0.1) is 0 Å². The van der Waals surface area contributed by atoms with Gasteiger partial charge in [0.2, 0.25) is 5.91 Å². The normalized spacial score (nSPS) is 18.1. The van der Waals surface area contributed by atoms with Crippen molar-refractivity contribution in [3.05, 3.63) is 65.7 Å². The fourth-order valence-corrected chi connectivity index (χ4v) is 4.30. The molecule has 4 rings (SSSR count). The molecular weight excluding hydrogens is 390 g/mol. The predicted octanol–water partition coefficient (Wildman–Crippen LogP) is 3.03. The number of hydrogen-bond donors (Lipinski definition) is 0. The molecule has 2 heterocycles. The molecule has 6 nitrogen and oxygen atoms in total. The highest BCUT2D eigenvalue weighted by atomic mass is 16.5. The van der Waals surface area contributed by atoms with Crippen molar-refractivity contribution in [3.8, 4) is 5.75 Å². The zero-order chi connectivity index (χ0) is 21.6. The molecule has 2 saturated heterocycles. The quantitative estimate of drug-likeness (QED) is 0.745. The monoisotopic (exact) mass is 421 g/mol. The van der Waals surface area contributed by atoms with Gasteiger partial charge in [-0.25, -0.2) is 0 Å². The average molecular weight is 422 g/mol. The van der Waals surface area contributed by atoms with Crippen LogP contribution in [0.25, 0.3) is 0 Å². The van der Waals surface area contributed by atoms with Gasteiger partial charge in [0.15, 0.2) is 0 Å². The molecule has 2 aliphatic rings. The Morgan fingerprint density at radius 2 is 1.45 bits per heavy atom. The van der Waals surface area contributed by atoms with Gasteiger partial charge in [-0.3, -0.25) is 14.5 Å². The molecule has 0 atom stereocenters. The maximum Gasteiger partial charge on any atom is 0.253 e. The maximum absolute atomic E-state index is 12.7. The third-order valence-corrected chi connectivity index (χ3v) is 6.20. The number of carbonyl (C=O) groups is 2. The molecular formula is C25H31N3O3. The van der Waals surface area contributed by atoms with Gasteiger partial charge in [0.25, 0.3) is 5.91 Å². The molecule has 0 radical (unpaired) electrons. The van der Waals surface area contributed by atoms with Crippen LogP contribution in [0.4, 0.5) is 0 Å². The first-order valence-corrected chi connectivity index (χ1v) is 11.2. The number of carbonyl (C=O) groups excluding carboxylic acids is 2. The fourth-order valence-electron chi connectivity index (χ4n) is 4.30. The number of rotatable bonds is 5. The summed E-state index contributed by atoms with van der Waals surface area (Å²) in [7, 11) is 0. The maximum atomic E-state index is 12.7. The van der Waals surface area contributed by atoms with E-state index in [9.17, 15) is 9.59 Å². The number of nitrogens with zero attached hydrogens (tertiary/aromatic N) is 3. The summed E-state index contributed by atoms with van der Waals surface area (Å²) < 4.78 is 6.18. The number of piperidine rings is 1. The summed E-state index contributed by atoms with van der Waals surface area (Å²) in [4.78, 5) is 30.3. The van der Waals surface area contributed by atoms with E-state index in [1.807, 2.05) is 29.2 Å². The number of likely N-dealkylation sites (tertiary alicyclic amines) is 1. The van der Waals surface area contributed by atoms with E-state index in [1.165, 1.54) is 5.56 Å². The summed E-state index contributed by atoms with van der Waals surface area (Å²) in [6.45, 7) is 6.99. The van der Waals surface area contributed by atoms with Crippen molar-refractivity contribution in [1.82, 2.24) is 14.7 Å². The van der Waals surface area contributed by atoms with E-state index in [-0.39, 0.29) is 17.9 Å². The van der Waals surface area contributed by atoms with Crippen LogP contribution in [0.3, 0.4) is 0 Å². The molecule has 31 heavy (non-hydrogen) atoms. The second-order valence-corrected chi connectivity index (χ2v) is 8.40. The standard InChI is InChI=1S/C25H31N3O3/c1-20(29)27-15-17-28(18-16-27)25(30)22-7-9-23(10-8-22)31-24-11-13-26(14-12-24)19-21-5-3-2-4-6-21/h2-10,24H,11-19H2,1H3. The molecule has 2 amide bonds. The zero-order valence-electron chi connectivity index (χ0n) is 18.2. The Hall–Kier alpha value is -2.86. The molecule has 2 aliphatic heterocycles. The van der Waals surface area contributed by atoms with Crippen molar-refractivity contribution in [1.29, 1.82) is 0 Å². The third-order valence-electron chi connectivity index (χ3n) is 6.20. The highest BCUT2D eigenvalue weighted by Crippen LogP contribution is 2.21. The van der Waals surface area contributed by atoms with Gasteiger partial charge in [0.05, 0.1) is 0 Å². The van der Waals surface area contributed by atoms with Crippen LogP contribution in [0.5, 0.6) is 5.75 Å². The molecule has 2 aromatic carbocycles. The summed E-state index contributed by atoms with van der Waals surface area (Å²) in [5.41, 5.74) is 2.02. The summed E-state index contributed by atoms with van der Waals surface area (Å²) in [6, 6.07) is 18.1. The highest BCUT2D eigenvalue weighted by molar-refractivity contribution is 5.94. The number of ether oxygens (including phenoxy) is 1. The first kappa shape index (κ1) is 21.4. The Balaban J connectivity index is 1.24. The number of hydrogen-bond acceptors (Lipinski definition) is 4. The molecule has 0 unspecified atom stereocenters. The Kier molecular flexibility index (Phi) is 6.87. The Morgan fingerprint density at radius 1 is 0.839 bits per heavy atom. The van der Waals surface area contributed by atoms with Crippen LogP contribution in [-0.4, -0.2) is 71.9 Å². The largest absolute Gasteiger partial charge is 0.490 e. The van der Waals surface area contributed by atoms with E-state index < -0.39 is 0 Å². The molecule has 6 heteroatoms. The lowest BCUT2D eigenvalue weighted by Crippen LogP contribution is -2.50. The lowest BCUT2D eigenvalue weighted by Gasteiger charge is -2.34. The first-order valence-electron chi connectivity index (χ1n) is 11.2. The summed E-state index contributed by atoms with van der Waals surface area (Å²) in [5.74, 6) is 0.905. The van der Waals surface area contributed by atoms with Crippen molar-refractivity contribution >= 4 is 11.8 Å². The van der Waals surface area contributed by atoms with E-state index in [0.717, 1.165) is 38.2 Å². The minimum atomic E-state index is 0.0176. The minimum absolute atomic E-state index is 0.0176. The smallest absolute Gasteiger partial charge is 0.253 e. The summed E-state index contributed by atoms with van der Waals surface area (Å²) in [5, 5.41) is 0. The van der Waals surface area contributed by atoms with Crippen LogP contribution in [0.15, 0.2) is 54.6 Å². The van der Waals surface area contributed by atoms with E-state index in [4.69, 9.17) is 4.74 Å². The van der Waals surface area contributed by atoms with E-state index in [0.29, 0.717) is 31.7 Å². The van der Waals surface area contributed by atoms with Gasteiger partial charge in [-0.05, 0) is 42.7 Å². The van der Waals surface area contributed by atoms with Gasteiger partial charge in [-0.15, -0.1) is 0 Å². The molecule has 0 N–H and O–H groups in total. The molecule has 2 fully saturated rings. The fraction of sp³-hybridized carbons (Fsp3) is 0.440. The molecule has 0 saturated carbocycles. The Labute approximate surface area is 184 Å². The van der Waals surface area contributed by atoms with E-state index in [1.54, 1.807) is 11.8 Å². The minimum Gasteiger partial charge on any atom is -0.490 e. The Bertz CT molecular complexity index is 869. The van der Waals surface area contributed by atoms with Crippen molar-refractivity contribution in [2.75, 3.05) is 39.3 Å². The first-order chi connectivity index (χ1) is 15.1. The molecule has 2 aromatic rings. The van der Waals surface area contributed by atoms with E-state index in [2.05, 4.69) is 35.2 Å². The van der Waals surface area contributed by atoms with Crippen molar-refractivity contribution < 1.29 is 14.3 Å². The van der Waals surface area contributed by atoms with Crippen LogP contribution in [0.2, 0.25) is 0 Å². The summed E-state index contributed by atoms with van der Waals surface area (Å²) >= 11 is 0. The van der Waals surface area contributed by atoms with Crippen molar-refractivity contribution in [2.24, 2.45) is 0 Å². The summed E-state index contributed by atoms with van der Waals surface area (Å²) in [6.07, 6.45) is 2.23. The van der Waals surface area contributed by atoms with Crippen LogP contribution < -0.4 is 4.74 Å². The van der Waals surface area contributed by atoms with Gasteiger partial charge in [0, 0.05) is 58.3 Å². The lowest BCUT2D eigenvalue weighted by molar-refractivity contribution is -0.130. The van der Waals surface area contributed by atoms with Crippen LogP contribution in [-0.2, 0) is 11.3 Å². The molecule has 164 valence electrons. The molecule has 0 spiro atoms. The number of piperazine rings is 1. The van der Waals surface area contributed by atoms with Crippen molar-refractivity contribution in [2.45, 2.75) is 32.4 Å². The SMILES string of the molecule is CC(=O)N1CCN(C(=O)c2ccc(OC3CCN(Cc4ccccc4)CC3)cc2)CC1. The van der Waals surface area contributed by atoms with Gasteiger partial charge < -0.3 is 14.5 Å². The second kappa shape index (κ2) is 9.96. The van der Waals surface area contributed by atoms with Gasteiger partial charge >= 0.3 is 0 Å². The predicted molar refractivity (Wildman–Crippen MR) is 120 cm³/mol. The van der Waals surface area contributed by atoms with Crippen molar-refractivity contribution in [3.63, 3.8) is 0 Å². The topological polar surface area (TPSA) is 53.1 Å². The number of benzene rings is 2. The lowest BCUT2D eigenvalue weighted by atomic mass is 10.1. The van der Waals surface area contributed by atoms with Gasteiger partial charge in [-0.1, -0.05) is 30.3 Å². The molecule has 0 aromatic heterocycles. The Morgan fingerprint density at radius 3 is 2.06 bits per heavy atom. The van der Waals surface area contributed by atoms with Crippen LogP contribution in [0.1, 0.15) is 35.7 Å². The molecule has 0 bridgehead atoms. The van der Waals surface area contributed by atoms with E-state index >= 15 is 0 Å². The zero-order valence-corrected chi connectivity index (χ0v) is 18.2. The van der Waals surface area contributed by atoms with Gasteiger partial charge in [0.1, 0.15) is 11.9 Å². The third kappa shape index (κ3) is 5.64. The van der Waals surface area contributed by atoms with Gasteiger partial charge in [-0.2, -0.15) is 0 Å². The number of amides is 2. The second-order valence-electron chi connectivity index (χ2n) is 8.40. The van der Waals surface area contributed by atoms with Crippen LogP contribution >= 0.6 is 0 Å².